The second-order valence-corrected chi connectivity index (χ2v) is 10.0. The van der Waals surface area contributed by atoms with E-state index in [4.69, 9.17) is 4.84 Å². The molecule has 0 aromatic heterocycles. The number of imide groups is 1. The van der Waals surface area contributed by atoms with Crippen LogP contribution in [0.1, 0.15) is 105 Å². The summed E-state index contributed by atoms with van der Waals surface area (Å²) in [6, 6.07) is 25.8. The van der Waals surface area contributed by atoms with Gasteiger partial charge in [-0.25, -0.2) is 5.06 Å². The van der Waals surface area contributed by atoms with Gasteiger partial charge in [0.1, 0.15) is 0 Å². The van der Waals surface area contributed by atoms with Crippen LogP contribution in [0, 0.1) is 0 Å². The van der Waals surface area contributed by atoms with Gasteiger partial charge in [0.2, 0.25) is 0 Å². The molecule has 5 heteroatoms. The van der Waals surface area contributed by atoms with E-state index in [-0.39, 0.29) is 0 Å². The Bertz CT molecular complexity index is 1080. The van der Waals surface area contributed by atoms with Gasteiger partial charge in [-0.05, 0) is 55.0 Å². The maximum atomic E-state index is 12.6. The zero-order chi connectivity index (χ0) is 27.5. The summed E-state index contributed by atoms with van der Waals surface area (Å²) in [6.45, 7) is 2.89. The third-order valence-corrected chi connectivity index (χ3v) is 6.84. The van der Waals surface area contributed by atoms with E-state index in [0.717, 1.165) is 24.2 Å². The van der Waals surface area contributed by atoms with Crippen molar-refractivity contribution >= 4 is 23.2 Å². The third kappa shape index (κ3) is 11.1. The Balaban J connectivity index is 1.43. The van der Waals surface area contributed by atoms with Crippen LogP contribution in [0.2, 0.25) is 0 Å². The fourth-order valence-corrected chi connectivity index (χ4v) is 4.55. The first-order valence-electron chi connectivity index (χ1n) is 14.7. The molecule has 0 aliphatic heterocycles. The van der Waals surface area contributed by atoms with Crippen LogP contribution in [-0.2, 0) is 4.84 Å². The standard InChI is InChI=1S/C34H44N2O3/c1-2-3-4-5-6-7-8-9-10-11-12-19-28-39-36(31-22-17-14-18-23-31)32-26-24-30(25-27-32)34(38)35-33(37)29-20-15-13-16-21-29/h13-18,20-27H,2-12,19,28H2,1H3,(H,35,37,38). The van der Waals surface area contributed by atoms with E-state index in [1.54, 1.807) is 36.4 Å². The molecule has 3 aromatic carbocycles. The molecule has 0 saturated heterocycles. The van der Waals surface area contributed by atoms with Crippen LogP contribution in [-0.4, -0.2) is 18.4 Å². The molecule has 0 aliphatic rings. The van der Waals surface area contributed by atoms with Gasteiger partial charge in [0.05, 0.1) is 18.0 Å². The van der Waals surface area contributed by atoms with Gasteiger partial charge in [-0.1, -0.05) is 114 Å². The zero-order valence-corrected chi connectivity index (χ0v) is 23.4. The maximum Gasteiger partial charge on any atom is 0.258 e. The maximum absolute atomic E-state index is 12.6. The Morgan fingerprint density at radius 2 is 1.00 bits per heavy atom. The van der Waals surface area contributed by atoms with Crippen LogP contribution in [0.15, 0.2) is 84.9 Å². The lowest BCUT2D eigenvalue weighted by molar-refractivity contribution is 0.0849. The van der Waals surface area contributed by atoms with E-state index >= 15 is 0 Å². The molecule has 3 aromatic rings. The van der Waals surface area contributed by atoms with Crippen molar-refractivity contribution in [1.29, 1.82) is 0 Å². The number of hydrogen-bond donors (Lipinski definition) is 1. The monoisotopic (exact) mass is 528 g/mol. The minimum atomic E-state index is -0.431. The van der Waals surface area contributed by atoms with Crippen molar-refractivity contribution in [2.24, 2.45) is 0 Å². The molecule has 0 saturated carbocycles. The molecule has 3 rings (SSSR count). The lowest BCUT2D eigenvalue weighted by atomic mass is 10.1. The molecule has 1 N–H and O–H groups in total. The van der Waals surface area contributed by atoms with Crippen LogP contribution in [0.4, 0.5) is 11.4 Å². The van der Waals surface area contributed by atoms with Crippen LogP contribution in [0.5, 0.6) is 0 Å². The summed E-state index contributed by atoms with van der Waals surface area (Å²) in [6.07, 6.45) is 15.7. The Labute approximate surface area is 234 Å². The molecule has 0 fully saturated rings. The topological polar surface area (TPSA) is 58.6 Å². The van der Waals surface area contributed by atoms with Crippen LogP contribution in [0.3, 0.4) is 0 Å². The molecule has 0 radical (unpaired) electrons. The van der Waals surface area contributed by atoms with E-state index in [1.165, 1.54) is 64.2 Å². The van der Waals surface area contributed by atoms with Gasteiger partial charge in [-0.2, -0.15) is 0 Å². The van der Waals surface area contributed by atoms with E-state index in [1.807, 2.05) is 53.6 Å². The molecule has 0 spiro atoms. The van der Waals surface area contributed by atoms with Gasteiger partial charge in [0, 0.05) is 11.1 Å². The molecule has 39 heavy (non-hydrogen) atoms. The normalized spacial score (nSPS) is 10.8. The molecule has 2 amide bonds. The SMILES string of the molecule is CCCCCCCCCCCCCCON(c1ccccc1)c1ccc(C(=O)NC(=O)c2ccccc2)cc1. The van der Waals surface area contributed by atoms with Crippen LogP contribution >= 0.6 is 0 Å². The second kappa shape index (κ2) is 18.0. The van der Waals surface area contributed by atoms with Gasteiger partial charge < -0.3 is 0 Å². The number of carbonyl (C=O) groups excluding carboxylic acids is 2. The molecule has 0 unspecified atom stereocenters. The van der Waals surface area contributed by atoms with E-state index in [0.29, 0.717) is 17.7 Å². The van der Waals surface area contributed by atoms with Gasteiger partial charge in [0.25, 0.3) is 11.8 Å². The molecule has 0 aliphatic carbocycles. The first kappa shape index (κ1) is 30.1. The fourth-order valence-electron chi connectivity index (χ4n) is 4.55. The molecular formula is C34H44N2O3. The van der Waals surface area contributed by atoms with Crippen molar-refractivity contribution in [1.82, 2.24) is 5.32 Å². The quantitative estimate of drug-likeness (QED) is 0.102. The molecular weight excluding hydrogens is 484 g/mol. The van der Waals surface area contributed by atoms with Crippen molar-refractivity contribution in [3.63, 3.8) is 0 Å². The van der Waals surface area contributed by atoms with Crippen LogP contribution < -0.4 is 10.4 Å². The van der Waals surface area contributed by atoms with E-state index in [2.05, 4.69) is 12.2 Å². The fraction of sp³-hybridized carbons (Fsp3) is 0.412. The molecule has 5 nitrogen and oxygen atoms in total. The summed E-state index contributed by atoms with van der Waals surface area (Å²) in [5.41, 5.74) is 2.61. The zero-order valence-electron chi connectivity index (χ0n) is 23.4. The number of rotatable bonds is 18. The minimum Gasteiger partial charge on any atom is -0.288 e. The number of para-hydroxylation sites is 1. The van der Waals surface area contributed by atoms with E-state index < -0.39 is 11.8 Å². The Morgan fingerprint density at radius 1 is 0.564 bits per heavy atom. The van der Waals surface area contributed by atoms with Crippen molar-refractivity contribution in [2.45, 2.75) is 84.0 Å². The largest absolute Gasteiger partial charge is 0.288 e. The summed E-state index contributed by atoms with van der Waals surface area (Å²) in [7, 11) is 0. The summed E-state index contributed by atoms with van der Waals surface area (Å²) in [4.78, 5) is 31.2. The average molecular weight is 529 g/mol. The lowest BCUT2D eigenvalue weighted by Crippen LogP contribution is -2.30. The number of benzene rings is 3. The number of anilines is 2. The smallest absolute Gasteiger partial charge is 0.258 e. The number of unbranched alkanes of at least 4 members (excludes halogenated alkanes) is 11. The van der Waals surface area contributed by atoms with Gasteiger partial charge in [0.15, 0.2) is 0 Å². The summed E-state index contributed by atoms with van der Waals surface area (Å²) < 4.78 is 0. The predicted molar refractivity (Wildman–Crippen MR) is 160 cm³/mol. The highest BCUT2D eigenvalue weighted by Gasteiger charge is 2.14. The first-order valence-corrected chi connectivity index (χ1v) is 14.7. The number of hydrogen-bond acceptors (Lipinski definition) is 4. The highest BCUT2D eigenvalue weighted by Crippen LogP contribution is 2.26. The molecule has 0 bridgehead atoms. The number of nitrogens with zero attached hydrogens (tertiary/aromatic N) is 1. The van der Waals surface area contributed by atoms with Gasteiger partial charge in [-0.15, -0.1) is 0 Å². The van der Waals surface area contributed by atoms with E-state index in [9.17, 15) is 9.59 Å². The summed E-state index contributed by atoms with van der Waals surface area (Å²) in [5, 5.41) is 4.26. The van der Waals surface area contributed by atoms with Crippen LogP contribution in [0.25, 0.3) is 0 Å². The van der Waals surface area contributed by atoms with Crippen molar-refractivity contribution < 1.29 is 14.4 Å². The second-order valence-electron chi connectivity index (χ2n) is 10.0. The molecule has 208 valence electrons. The number of carbonyl (C=O) groups is 2. The Kier molecular flexibility index (Phi) is 13.9. The highest BCUT2D eigenvalue weighted by molar-refractivity contribution is 6.10. The Morgan fingerprint density at radius 3 is 1.54 bits per heavy atom. The molecule has 0 heterocycles. The first-order chi connectivity index (χ1) is 19.2. The Hall–Kier alpha value is -3.44. The highest BCUT2D eigenvalue weighted by atomic mass is 16.7. The summed E-state index contributed by atoms with van der Waals surface area (Å²) >= 11 is 0. The lowest BCUT2D eigenvalue weighted by Gasteiger charge is -2.24. The summed E-state index contributed by atoms with van der Waals surface area (Å²) in [5.74, 6) is -0.847. The average Bonchev–Trinajstić information content (AvgIpc) is 2.98. The third-order valence-electron chi connectivity index (χ3n) is 6.84. The minimum absolute atomic E-state index is 0.414. The van der Waals surface area contributed by atoms with Crippen molar-refractivity contribution in [2.75, 3.05) is 11.7 Å². The van der Waals surface area contributed by atoms with Crippen molar-refractivity contribution in [3.8, 4) is 0 Å². The predicted octanol–water partition coefficient (Wildman–Crippen LogP) is 9.03. The number of nitrogens with one attached hydrogen (secondary N) is 1. The van der Waals surface area contributed by atoms with Gasteiger partial charge in [-0.3, -0.25) is 19.7 Å². The molecule has 0 atom stereocenters. The van der Waals surface area contributed by atoms with Gasteiger partial charge >= 0.3 is 0 Å². The number of amides is 2. The van der Waals surface area contributed by atoms with Crippen molar-refractivity contribution in [3.05, 3.63) is 96.1 Å².